The lowest BCUT2D eigenvalue weighted by Gasteiger charge is -2.17. The van der Waals surface area contributed by atoms with Crippen LogP contribution in [0.5, 0.6) is 0 Å². The Morgan fingerprint density at radius 1 is 1.21 bits per heavy atom. The molecule has 0 aliphatic rings. The number of anilines is 2. The molecule has 0 saturated heterocycles. The minimum Gasteiger partial charge on any atom is -0.399 e. The van der Waals surface area contributed by atoms with Gasteiger partial charge in [0.2, 0.25) is 0 Å². The number of benzene rings is 1. The molecular weight excluding hydrogens is 246 g/mol. The Balaban J connectivity index is 2.35. The highest BCUT2D eigenvalue weighted by Gasteiger charge is 2.09. The number of nitrogens with one attached hydrogen (secondary N) is 2. The number of carbonyl (C=O) groups excluding carboxylic acids is 1. The largest absolute Gasteiger partial charge is 0.399 e. The van der Waals surface area contributed by atoms with Crippen LogP contribution < -0.4 is 16.4 Å². The van der Waals surface area contributed by atoms with Crippen LogP contribution in [-0.4, -0.2) is 32.1 Å². The molecule has 6 heteroatoms. The van der Waals surface area contributed by atoms with Gasteiger partial charge in [0.25, 0.3) is 0 Å². The van der Waals surface area contributed by atoms with E-state index in [1.807, 2.05) is 13.8 Å². The lowest BCUT2D eigenvalue weighted by molar-refractivity contribution is -0.131. The van der Waals surface area contributed by atoms with Gasteiger partial charge in [-0.1, -0.05) is 0 Å². The van der Waals surface area contributed by atoms with Gasteiger partial charge in [0.15, 0.2) is 6.29 Å². The Labute approximate surface area is 113 Å². The monoisotopic (exact) mass is 267 g/mol. The van der Waals surface area contributed by atoms with E-state index in [-0.39, 0.29) is 6.03 Å². The number of carbonyl (C=O) groups is 1. The van der Waals surface area contributed by atoms with Crippen LogP contribution in [0.2, 0.25) is 0 Å². The van der Waals surface area contributed by atoms with Crippen molar-refractivity contribution < 1.29 is 14.3 Å². The van der Waals surface area contributed by atoms with Crippen molar-refractivity contribution >= 4 is 17.4 Å². The summed E-state index contributed by atoms with van der Waals surface area (Å²) >= 11 is 0. The Morgan fingerprint density at radius 2 is 1.79 bits per heavy atom. The van der Waals surface area contributed by atoms with E-state index in [4.69, 9.17) is 15.2 Å². The highest BCUT2D eigenvalue weighted by Crippen LogP contribution is 2.09. The summed E-state index contributed by atoms with van der Waals surface area (Å²) in [6.45, 7) is 5.11. The maximum absolute atomic E-state index is 11.6. The van der Waals surface area contributed by atoms with Crippen molar-refractivity contribution in [2.24, 2.45) is 0 Å². The molecule has 0 fully saturated rings. The molecule has 4 N–H and O–H groups in total. The smallest absolute Gasteiger partial charge is 0.319 e. The van der Waals surface area contributed by atoms with Gasteiger partial charge in [0.05, 0.1) is 6.54 Å². The molecule has 0 unspecified atom stereocenters. The fourth-order valence-electron chi connectivity index (χ4n) is 1.46. The van der Waals surface area contributed by atoms with E-state index in [9.17, 15) is 4.79 Å². The predicted molar refractivity (Wildman–Crippen MR) is 74.9 cm³/mol. The Bertz CT molecular complexity index is 375. The van der Waals surface area contributed by atoms with E-state index in [0.717, 1.165) is 0 Å². The van der Waals surface area contributed by atoms with Crippen molar-refractivity contribution in [2.75, 3.05) is 30.8 Å². The molecule has 0 heterocycles. The average Bonchev–Trinajstić information content (AvgIpc) is 2.39. The summed E-state index contributed by atoms with van der Waals surface area (Å²) in [4.78, 5) is 11.6. The average molecular weight is 267 g/mol. The van der Waals surface area contributed by atoms with Gasteiger partial charge in [-0.2, -0.15) is 0 Å². The zero-order chi connectivity index (χ0) is 14.1. The van der Waals surface area contributed by atoms with Gasteiger partial charge in [0.1, 0.15) is 0 Å². The molecule has 6 nitrogen and oxygen atoms in total. The topological polar surface area (TPSA) is 85.6 Å². The van der Waals surface area contributed by atoms with Crippen LogP contribution in [0.1, 0.15) is 13.8 Å². The van der Waals surface area contributed by atoms with E-state index in [2.05, 4.69) is 10.6 Å². The molecule has 2 amide bonds. The summed E-state index contributed by atoms with van der Waals surface area (Å²) in [5.41, 5.74) is 6.89. The SMILES string of the molecule is CCOC(CNC(=O)Nc1ccc(N)cc1)OCC. The van der Waals surface area contributed by atoms with E-state index in [1.165, 1.54) is 0 Å². The van der Waals surface area contributed by atoms with Gasteiger partial charge >= 0.3 is 6.03 Å². The molecule has 0 saturated carbocycles. The van der Waals surface area contributed by atoms with Crippen LogP contribution in [0.3, 0.4) is 0 Å². The van der Waals surface area contributed by atoms with Gasteiger partial charge < -0.3 is 25.8 Å². The zero-order valence-corrected chi connectivity index (χ0v) is 11.3. The van der Waals surface area contributed by atoms with E-state index in [1.54, 1.807) is 24.3 Å². The second-order valence-electron chi connectivity index (χ2n) is 3.80. The molecule has 106 valence electrons. The van der Waals surface area contributed by atoms with E-state index < -0.39 is 6.29 Å². The molecule has 0 radical (unpaired) electrons. The van der Waals surface area contributed by atoms with Crippen LogP contribution in [0, 0.1) is 0 Å². The molecule has 0 aromatic heterocycles. The third-order valence-corrected chi connectivity index (χ3v) is 2.30. The minimum absolute atomic E-state index is 0.294. The molecule has 1 rings (SSSR count). The molecule has 0 spiro atoms. The molecule has 1 aromatic rings. The van der Waals surface area contributed by atoms with Crippen molar-refractivity contribution in [3.8, 4) is 0 Å². The second kappa shape index (κ2) is 8.34. The van der Waals surface area contributed by atoms with Crippen LogP contribution in [0.4, 0.5) is 16.2 Å². The first-order chi connectivity index (χ1) is 9.15. The first-order valence-corrected chi connectivity index (χ1v) is 6.29. The fourth-order valence-corrected chi connectivity index (χ4v) is 1.46. The molecule has 0 atom stereocenters. The maximum atomic E-state index is 11.6. The number of nitrogen functional groups attached to an aromatic ring is 1. The van der Waals surface area contributed by atoms with Crippen LogP contribution >= 0.6 is 0 Å². The number of rotatable bonds is 7. The van der Waals surface area contributed by atoms with Gasteiger partial charge in [-0.3, -0.25) is 0 Å². The Kier molecular flexibility index (Phi) is 6.70. The molecular formula is C13H21N3O3. The molecule has 0 aliphatic carbocycles. The summed E-state index contributed by atoms with van der Waals surface area (Å²) in [5.74, 6) is 0. The second-order valence-corrected chi connectivity index (χ2v) is 3.80. The van der Waals surface area contributed by atoms with Gasteiger partial charge in [-0.15, -0.1) is 0 Å². The number of hydrogen-bond acceptors (Lipinski definition) is 4. The number of ether oxygens (including phenoxy) is 2. The van der Waals surface area contributed by atoms with Crippen molar-refractivity contribution in [1.82, 2.24) is 5.32 Å². The first kappa shape index (κ1) is 15.3. The lowest BCUT2D eigenvalue weighted by Crippen LogP contribution is -2.37. The van der Waals surface area contributed by atoms with Gasteiger partial charge in [-0.25, -0.2) is 4.79 Å². The molecule has 0 bridgehead atoms. The summed E-state index contributed by atoms with van der Waals surface area (Å²) in [7, 11) is 0. The Hall–Kier alpha value is -1.79. The number of amides is 2. The quantitative estimate of drug-likeness (QED) is 0.519. The van der Waals surface area contributed by atoms with Crippen LogP contribution in [-0.2, 0) is 9.47 Å². The van der Waals surface area contributed by atoms with Crippen molar-refractivity contribution in [2.45, 2.75) is 20.1 Å². The summed E-state index contributed by atoms with van der Waals surface area (Å²) in [6.07, 6.45) is -0.424. The normalized spacial score (nSPS) is 10.5. The lowest BCUT2D eigenvalue weighted by atomic mass is 10.3. The molecule has 0 aliphatic heterocycles. The molecule has 1 aromatic carbocycles. The van der Waals surface area contributed by atoms with Crippen LogP contribution in [0.25, 0.3) is 0 Å². The predicted octanol–water partition coefficient (Wildman–Crippen LogP) is 1.79. The summed E-state index contributed by atoms with van der Waals surface area (Å²) in [6, 6.07) is 6.60. The van der Waals surface area contributed by atoms with E-state index in [0.29, 0.717) is 31.1 Å². The first-order valence-electron chi connectivity index (χ1n) is 6.29. The van der Waals surface area contributed by atoms with Gasteiger partial charge in [0, 0.05) is 24.6 Å². The summed E-state index contributed by atoms with van der Waals surface area (Å²) < 4.78 is 10.6. The molecule has 19 heavy (non-hydrogen) atoms. The van der Waals surface area contributed by atoms with E-state index >= 15 is 0 Å². The zero-order valence-electron chi connectivity index (χ0n) is 11.3. The van der Waals surface area contributed by atoms with Crippen molar-refractivity contribution in [3.63, 3.8) is 0 Å². The fraction of sp³-hybridized carbons (Fsp3) is 0.462. The highest BCUT2D eigenvalue weighted by atomic mass is 16.7. The van der Waals surface area contributed by atoms with Gasteiger partial charge in [-0.05, 0) is 38.1 Å². The number of nitrogens with two attached hydrogens (primary N) is 1. The third-order valence-electron chi connectivity index (χ3n) is 2.30. The maximum Gasteiger partial charge on any atom is 0.319 e. The van der Waals surface area contributed by atoms with Crippen LogP contribution in [0.15, 0.2) is 24.3 Å². The highest BCUT2D eigenvalue weighted by molar-refractivity contribution is 5.89. The van der Waals surface area contributed by atoms with Crippen molar-refractivity contribution in [1.29, 1.82) is 0 Å². The minimum atomic E-state index is -0.424. The third kappa shape index (κ3) is 6.08. The number of hydrogen-bond donors (Lipinski definition) is 3. The Morgan fingerprint density at radius 3 is 2.32 bits per heavy atom. The van der Waals surface area contributed by atoms with Crippen molar-refractivity contribution in [3.05, 3.63) is 24.3 Å². The summed E-state index contributed by atoms with van der Waals surface area (Å²) in [5, 5.41) is 5.38. The number of urea groups is 1. The standard InChI is InChI=1S/C13H21N3O3/c1-3-18-12(19-4-2)9-15-13(17)16-11-7-5-10(14)6-8-11/h5-8,12H,3-4,9,14H2,1-2H3,(H2,15,16,17).